The van der Waals surface area contributed by atoms with Crippen molar-refractivity contribution >= 4 is 11.7 Å². The molecule has 2 N–H and O–H groups in total. The first-order chi connectivity index (χ1) is 9.60. The molecule has 1 fully saturated rings. The van der Waals surface area contributed by atoms with Crippen LogP contribution in [0.3, 0.4) is 0 Å². The molecule has 0 radical (unpaired) electrons. The lowest BCUT2D eigenvalue weighted by molar-refractivity contribution is 0.0428. The number of anilines is 1. The third-order valence-corrected chi connectivity index (χ3v) is 3.49. The first-order valence-electron chi connectivity index (χ1n) is 6.94. The van der Waals surface area contributed by atoms with E-state index in [1.54, 1.807) is 0 Å². The van der Waals surface area contributed by atoms with Crippen LogP contribution in [0, 0.1) is 13.8 Å². The molecule has 1 aromatic carbocycles. The highest BCUT2D eigenvalue weighted by Crippen LogP contribution is 2.15. The Kier molecular flexibility index (Phi) is 4.98. The Morgan fingerprint density at radius 3 is 2.85 bits per heavy atom. The molecular formula is C15H22N2O3. The number of carbonyl (C=O) groups is 1. The lowest BCUT2D eigenvalue weighted by Crippen LogP contribution is -2.45. The summed E-state index contributed by atoms with van der Waals surface area (Å²) < 4.78 is 10.9. The molecule has 2 atom stereocenters. The molecule has 110 valence electrons. The Morgan fingerprint density at radius 1 is 1.35 bits per heavy atom. The van der Waals surface area contributed by atoms with Crippen LogP contribution in [0.25, 0.3) is 0 Å². The van der Waals surface area contributed by atoms with E-state index in [2.05, 4.69) is 10.6 Å². The average molecular weight is 278 g/mol. The zero-order valence-corrected chi connectivity index (χ0v) is 12.2. The quantitative estimate of drug-likeness (QED) is 0.888. The summed E-state index contributed by atoms with van der Waals surface area (Å²) in [6, 6.07) is 5.52. The number of nitrogens with one attached hydrogen (secondary N) is 2. The van der Waals surface area contributed by atoms with Crippen molar-refractivity contribution in [3.05, 3.63) is 29.3 Å². The molecule has 1 heterocycles. The number of rotatable bonds is 4. The molecule has 0 aromatic heterocycles. The molecule has 0 aliphatic carbocycles. The number of aryl methyl sites for hydroxylation is 2. The number of carbonyl (C=O) groups excluding carboxylic acids is 1. The second-order valence-electron chi connectivity index (χ2n) is 5.04. The summed E-state index contributed by atoms with van der Waals surface area (Å²) >= 11 is 0. The number of hydrogen-bond acceptors (Lipinski definition) is 3. The molecule has 20 heavy (non-hydrogen) atoms. The minimum absolute atomic E-state index is 0.0643. The van der Waals surface area contributed by atoms with Gasteiger partial charge in [-0.2, -0.15) is 0 Å². The molecule has 2 rings (SSSR count). The van der Waals surface area contributed by atoms with Crippen molar-refractivity contribution in [1.82, 2.24) is 5.32 Å². The van der Waals surface area contributed by atoms with Crippen molar-refractivity contribution < 1.29 is 14.3 Å². The topological polar surface area (TPSA) is 59.6 Å². The fraction of sp³-hybridized carbons (Fsp3) is 0.533. The lowest BCUT2D eigenvalue weighted by Gasteiger charge is -2.19. The fourth-order valence-corrected chi connectivity index (χ4v) is 2.20. The third-order valence-electron chi connectivity index (χ3n) is 3.49. The van der Waals surface area contributed by atoms with Gasteiger partial charge in [-0.15, -0.1) is 0 Å². The van der Waals surface area contributed by atoms with Gasteiger partial charge in [0.1, 0.15) is 6.10 Å². The van der Waals surface area contributed by atoms with Crippen molar-refractivity contribution in [2.75, 3.05) is 25.1 Å². The Labute approximate surface area is 119 Å². The molecule has 1 aromatic rings. The van der Waals surface area contributed by atoms with Crippen molar-refractivity contribution in [3.63, 3.8) is 0 Å². The highest BCUT2D eigenvalue weighted by molar-refractivity contribution is 5.89. The van der Waals surface area contributed by atoms with Crippen LogP contribution in [0.4, 0.5) is 10.5 Å². The van der Waals surface area contributed by atoms with Gasteiger partial charge in [0.05, 0.1) is 19.3 Å². The van der Waals surface area contributed by atoms with Gasteiger partial charge in [0.15, 0.2) is 0 Å². The predicted molar refractivity (Wildman–Crippen MR) is 78.1 cm³/mol. The van der Waals surface area contributed by atoms with Gasteiger partial charge in [-0.3, -0.25) is 0 Å². The van der Waals surface area contributed by atoms with Crippen LogP contribution in [0.1, 0.15) is 18.1 Å². The van der Waals surface area contributed by atoms with E-state index in [4.69, 9.17) is 9.47 Å². The molecule has 0 saturated carbocycles. The van der Waals surface area contributed by atoms with Gasteiger partial charge in [-0.25, -0.2) is 4.79 Å². The van der Waals surface area contributed by atoms with E-state index in [1.807, 2.05) is 39.0 Å². The van der Waals surface area contributed by atoms with E-state index in [0.717, 1.165) is 11.3 Å². The molecular weight excluding hydrogens is 256 g/mol. The summed E-state index contributed by atoms with van der Waals surface area (Å²) in [6.07, 6.45) is -0.0643. The third kappa shape index (κ3) is 3.71. The smallest absolute Gasteiger partial charge is 0.319 e. The highest BCUT2D eigenvalue weighted by Gasteiger charge is 2.29. The van der Waals surface area contributed by atoms with Gasteiger partial charge in [-0.1, -0.05) is 6.07 Å². The molecule has 2 amide bonds. The summed E-state index contributed by atoms with van der Waals surface area (Å²) in [5.74, 6) is 0. The fourth-order valence-electron chi connectivity index (χ4n) is 2.20. The van der Waals surface area contributed by atoms with Crippen molar-refractivity contribution in [2.45, 2.75) is 32.9 Å². The second-order valence-corrected chi connectivity index (χ2v) is 5.04. The zero-order valence-electron chi connectivity index (χ0n) is 12.2. The van der Waals surface area contributed by atoms with Gasteiger partial charge in [0.2, 0.25) is 0 Å². The van der Waals surface area contributed by atoms with E-state index < -0.39 is 0 Å². The molecule has 0 unspecified atom stereocenters. The Hall–Kier alpha value is -1.59. The molecule has 5 heteroatoms. The number of benzene rings is 1. The predicted octanol–water partition coefficient (Wildman–Crippen LogP) is 2.23. The minimum Gasteiger partial charge on any atom is -0.376 e. The van der Waals surface area contributed by atoms with E-state index in [9.17, 15) is 4.79 Å². The van der Waals surface area contributed by atoms with Gasteiger partial charge in [0, 0.05) is 12.3 Å². The summed E-state index contributed by atoms with van der Waals surface area (Å²) in [5, 5.41) is 5.73. The molecule has 5 nitrogen and oxygen atoms in total. The van der Waals surface area contributed by atoms with Crippen LogP contribution in [-0.4, -0.2) is 38.0 Å². The molecule has 1 saturated heterocycles. The largest absolute Gasteiger partial charge is 0.376 e. The van der Waals surface area contributed by atoms with Gasteiger partial charge < -0.3 is 20.1 Å². The highest BCUT2D eigenvalue weighted by atomic mass is 16.5. The lowest BCUT2D eigenvalue weighted by atomic mass is 10.1. The standard InChI is InChI=1S/C15H22N2O3/c1-4-20-14-9-19-8-13(14)17-15(18)16-12-6-5-10(2)11(3)7-12/h5-7,13-14H,4,8-9H2,1-3H3,(H2,16,17,18)/t13-,14-/m1/s1. The zero-order chi connectivity index (χ0) is 14.5. The van der Waals surface area contributed by atoms with Crippen LogP contribution in [0.2, 0.25) is 0 Å². The molecule has 0 spiro atoms. The summed E-state index contributed by atoms with van der Waals surface area (Å²) in [7, 11) is 0. The maximum absolute atomic E-state index is 12.0. The molecule has 1 aliphatic heterocycles. The number of amides is 2. The van der Waals surface area contributed by atoms with Gasteiger partial charge in [0.25, 0.3) is 0 Å². The van der Waals surface area contributed by atoms with Crippen molar-refractivity contribution in [1.29, 1.82) is 0 Å². The van der Waals surface area contributed by atoms with Crippen LogP contribution >= 0.6 is 0 Å². The van der Waals surface area contributed by atoms with Crippen LogP contribution in [-0.2, 0) is 9.47 Å². The Bertz CT molecular complexity index is 476. The van der Waals surface area contributed by atoms with E-state index in [0.29, 0.717) is 19.8 Å². The first-order valence-corrected chi connectivity index (χ1v) is 6.94. The van der Waals surface area contributed by atoms with E-state index >= 15 is 0 Å². The monoisotopic (exact) mass is 278 g/mol. The maximum Gasteiger partial charge on any atom is 0.319 e. The van der Waals surface area contributed by atoms with E-state index in [-0.39, 0.29) is 18.2 Å². The van der Waals surface area contributed by atoms with Gasteiger partial charge in [-0.05, 0) is 44.0 Å². The van der Waals surface area contributed by atoms with Gasteiger partial charge >= 0.3 is 6.03 Å². The normalized spacial score (nSPS) is 21.8. The number of ether oxygens (including phenoxy) is 2. The van der Waals surface area contributed by atoms with Crippen molar-refractivity contribution in [2.24, 2.45) is 0 Å². The second kappa shape index (κ2) is 6.72. The molecule has 0 bridgehead atoms. The number of urea groups is 1. The number of hydrogen-bond donors (Lipinski definition) is 2. The van der Waals surface area contributed by atoms with E-state index in [1.165, 1.54) is 5.56 Å². The van der Waals surface area contributed by atoms with Crippen LogP contribution < -0.4 is 10.6 Å². The summed E-state index contributed by atoms with van der Waals surface area (Å²) in [5.41, 5.74) is 3.15. The summed E-state index contributed by atoms with van der Waals surface area (Å²) in [4.78, 5) is 12.0. The maximum atomic E-state index is 12.0. The van der Waals surface area contributed by atoms with Crippen molar-refractivity contribution in [3.8, 4) is 0 Å². The first kappa shape index (κ1) is 14.8. The Balaban J connectivity index is 1.90. The van der Waals surface area contributed by atoms with Crippen LogP contribution in [0.15, 0.2) is 18.2 Å². The van der Waals surface area contributed by atoms with Crippen LogP contribution in [0.5, 0.6) is 0 Å². The minimum atomic E-state index is -0.228. The molecule has 1 aliphatic rings. The Morgan fingerprint density at radius 2 is 2.15 bits per heavy atom. The average Bonchev–Trinajstić information content (AvgIpc) is 2.82. The SMILES string of the molecule is CCO[C@@H]1COC[C@H]1NC(=O)Nc1ccc(C)c(C)c1. The summed E-state index contributed by atoms with van der Waals surface area (Å²) in [6.45, 7) is 7.64.